The first-order valence-electron chi connectivity index (χ1n) is 8.40. The second kappa shape index (κ2) is 7.79. The van der Waals surface area contributed by atoms with Crippen molar-refractivity contribution in [3.05, 3.63) is 29.6 Å². The molecule has 1 saturated heterocycles. The van der Waals surface area contributed by atoms with Crippen molar-refractivity contribution in [2.75, 3.05) is 11.4 Å². The predicted octanol–water partition coefficient (Wildman–Crippen LogP) is 4.48. The number of hydrogen-bond acceptors (Lipinski definition) is 2. The third-order valence-electron chi connectivity index (χ3n) is 4.40. The molecule has 2 rings (SSSR count). The maximum absolute atomic E-state index is 13.7. The van der Waals surface area contributed by atoms with Crippen LogP contribution in [0.4, 0.5) is 10.1 Å². The summed E-state index contributed by atoms with van der Waals surface area (Å²) in [4.78, 5) is 2.52. The third kappa shape index (κ3) is 4.44. The van der Waals surface area contributed by atoms with Gasteiger partial charge in [0.2, 0.25) is 0 Å². The van der Waals surface area contributed by atoms with Crippen molar-refractivity contribution < 1.29 is 4.39 Å². The van der Waals surface area contributed by atoms with Gasteiger partial charge in [-0.2, -0.15) is 0 Å². The Balaban J connectivity index is 2.26. The van der Waals surface area contributed by atoms with Gasteiger partial charge >= 0.3 is 0 Å². The SMILES string of the molecule is CCC1CCCCCN1c1ccc(F)cc1CNC(C)C. The van der Waals surface area contributed by atoms with Gasteiger partial charge in [-0.15, -0.1) is 0 Å². The fourth-order valence-electron chi connectivity index (χ4n) is 3.21. The Morgan fingerprint density at radius 2 is 2.10 bits per heavy atom. The molecule has 1 unspecified atom stereocenters. The number of benzene rings is 1. The summed E-state index contributed by atoms with van der Waals surface area (Å²) >= 11 is 0. The smallest absolute Gasteiger partial charge is 0.123 e. The van der Waals surface area contributed by atoms with E-state index in [2.05, 4.69) is 31.0 Å². The number of anilines is 1. The van der Waals surface area contributed by atoms with Gasteiger partial charge in [-0.1, -0.05) is 33.6 Å². The quantitative estimate of drug-likeness (QED) is 0.860. The summed E-state index contributed by atoms with van der Waals surface area (Å²) in [7, 11) is 0. The highest BCUT2D eigenvalue weighted by Crippen LogP contribution is 2.29. The Bertz CT molecular complexity index is 445. The third-order valence-corrected chi connectivity index (χ3v) is 4.40. The van der Waals surface area contributed by atoms with Crippen molar-refractivity contribution in [2.24, 2.45) is 0 Å². The van der Waals surface area contributed by atoms with Crippen LogP contribution in [-0.2, 0) is 6.54 Å². The van der Waals surface area contributed by atoms with Crippen LogP contribution in [0, 0.1) is 5.82 Å². The van der Waals surface area contributed by atoms with Crippen molar-refractivity contribution >= 4 is 5.69 Å². The van der Waals surface area contributed by atoms with Crippen LogP contribution in [0.5, 0.6) is 0 Å². The first kappa shape index (κ1) is 16.3. The average Bonchev–Trinajstić information content (AvgIpc) is 2.70. The summed E-state index contributed by atoms with van der Waals surface area (Å²) in [5.41, 5.74) is 2.31. The Morgan fingerprint density at radius 1 is 1.29 bits per heavy atom. The van der Waals surface area contributed by atoms with E-state index in [9.17, 15) is 4.39 Å². The lowest BCUT2D eigenvalue weighted by molar-refractivity contribution is 0.547. The fourth-order valence-corrected chi connectivity index (χ4v) is 3.21. The zero-order valence-corrected chi connectivity index (χ0v) is 13.7. The first-order chi connectivity index (χ1) is 10.1. The van der Waals surface area contributed by atoms with Crippen molar-refractivity contribution in [3.8, 4) is 0 Å². The maximum Gasteiger partial charge on any atom is 0.123 e. The Hall–Kier alpha value is -1.09. The molecule has 2 nitrogen and oxygen atoms in total. The molecule has 118 valence electrons. The number of halogens is 1. The highest BCUT2D eigenvalue weighted by atomic mass is 19.1. The highest BCUT2D eigenvalue weighted by molar-refractivity contribution is 5.55. The van der Waals surface area contributed by atoms with Crippen molar-refractivity contribution in [2.45, 2.75) is 71.5 Å². The van der Waals surface area contributed by atoms with E-state index in [-0.39, 0.29) is 5.82 Å². The van der Waals surface area contributed by atoms with Crippen molar-refractivity contribution in [1.29, 1.82) is 0 Å². The van der Waals surface area contributed by atoms with E-state index in [0.29, 0.717) is 12.1 Å². The molecule has 0 aliphatic carbocycles. The minimum atomic E-state index is -0.137. The summed E-state index contributed by atoms with van der Waals surface area (Å²) in [6, 6.07) is 6.28. The van der Waals surface area contributed by atoms with Crippen LogP contribution in [0.2, 0.25) is 0 Å². The molecule has 1 heterocycles. The minimum Gasteiger partial charge on any atom is -0.368 e. The second-order valence-electron chi connectivity index (χ2n) is 6.41. The summed E-state index contributed by atoms with van der Waals surface area (Å²) in [6.07, 6.45) is 6.29. The zero-order valence-electron chi connectivity index (χ0n) is 13.7. The second-order valence-corrected chi connectivity index (χ2v) is 6.41. The van der Waals surface area contributed by atoms with Gasteiger partial charge in [0.05, 0.1) is 0 Å². The molecule has 0 spiro atoms. The Morgan fingerprint density at radius 3 is 2.81 bits per heavy atom. The van der Waals surface area contributed by atoms with Crippen LogP contribution >= 0.6 is 0 Å². The summed E-state index contributed by atoms with van der Waals surface area (Å²) in [6.45, 7) is 8.34. The minimum absolute atomic E-state index is 0.137. The maximum atomic E-state index is 13.7. The molecule has 1 aromatic carbocycles. The summed E-state index contributed by atoms with van der Waals surface area (Å²) < 4.78 is 13.7. The van der Waals surface area contributed by atoms with E-state index in [0.717, 1.165) is 25.1 Å². The first-order valence-corrected chi connectivity index (χ1v) is 8.40. The highest BCUT2D eigenvalue weighted by Gasteiger charge is 2.22. The molecule has 1 N–H and O–H groups in total. The standard InChI is InChI=1S/C18H29FN2/c1-4-17-8-6-5-7-11-21(17)18-10-9-16(19)12-15(18)13-20-14(2)3/h9-10,12,14,17,20H,4-8,11,13H2,1-3H3. The molecular weight excluding hydrogens is 263 g/mol. The molecule has 21 heavy (non-hydrogen) atoms. The van der Waals surface area contributed by atoms with Crippen LogP contribution in [-0.4, -0.2) is 18.6 Å². The van der Waals surface area contributed by atoms with Crippen LogP contribution in [0.15, 0.2) is 18.2 Å². The van der Waals surface area contributed by atoms with E-state index < -0.39 is 0 Å². The molecule has 1 aliphatic rings. The lowest BCUT2D eigenvalue weighted by Gasteiger charge is -2.33. The zero-order chi connectivity index (χ0) is 15.2. The van der Waals surface area contributed by atoms with Crippen molar-refractivity contribution in [3.63, 3.8) is 0 Å². The summed E-state index contributed by atoms with van der Waals surface area (Å²) in [5.74, 6) is -0.137. The molecular formula is C18H29FN2. The van der Waals surface area contributed by atoms with Crippen LogP contribution in [0.1, 0.15) is 58.4 Å². The molecule has 0 radical (unpaired) electrons. The van der Waals surface area contributed by atoms with Gasteiger partial charge in [0.1, 0.15) is 5.82 Å². The van der Waals surface area contributed by atoms with Crippen molar-refractivity contribution in [1.82, 2.24) is 5.32 Å². The molecule has 0 aromatic heterocycles. The lowest BCUT2D eigenvalue weighted by atomic mass is 10.0. The Kier molecular flexibility index (Phi) is 6.04. The summed E-state index contributed by atoms with van der Waals surface area (Å²) in [5, 5.41) is 3.42. The van der Waals surface area contributed by atoms with E-state index >= 15 is 0 Å². The number of nitrogens with one attached hydrogen (secondary N) is 1. The van der Waals surface area contributed by atoms with Gasteiger partial charge in [0.25, 0.3) is 0 Å². The molecule has 1 aromatic rings. The normalized spacial score (nSPS) is 19.9. The monoisotopic (exact) mass is 292 g/mol. The fraction of sp³-hybridized carbons (Fsp3) is 0.667. The molecule has 3 heteroatoms. The molecule has 1 atom stereocenters. The van der Waals surface area contributed by atoms with Crippen LogP contribution < -0.4 is 10.2 Å². The van der Waals surface area contributed by atoms with Crippen LogP contribution in [0.25, 0.3) is 0 Å². The lowest BCUT2D eigenvalue weighted by Crippen LogP contribution is -2.35. The largest absolute Gasteiger partial charge is 0.368 e. The van der Waals surface area contributed by atoms with Crippen LogP contribution in [0.3, 0.4) is 0 Å². The molecule has 0 bridgehead atoms. The topological polar surface area (TPSA) is 15.3 Å². The molecule has 1 aliphatic heterocycles. The van der Waals surface area contributed by atoms with Gasteiger partial charge in [-0.3, -0.25) is 0 Å². The molecule has 0 amide bonds. The number of rotatable bonds is 5. The van der Waals surface area contributed by atoms with E-state index in [1.165, 1.54) is 31.4 Å². The van der Waals surface area contributed by atoms with Gasteiger partial charge in [0.15, 0.2) is 0 Å². The molecule has 1 fully saturated rings. The van der Waals surface area contributed by atoms with E-state index in [4.69, 9.17) is 0 Å². The predicted molar refractivity (Wildman–Crippen MR) is 88.3 cm³/mol. The van der Waals surface area contributed by atoms with Gasteiger partial charge in [-0.25, -0.2) is 4.39 Å². The van der Waals surface area contributed by atoms with Gasteiger partial charge in [-0.05, 0) is 43.0 Å². The van der Waals surface area contributed by atoms with Gasteiger partial charge in [0, 0.05) is 30.9 Å². The number of hydrogen-bond donors (Lipinski definition) is 1. The van der Waals surface area contributed by atoms with Gasteiger partial charge < -0.3 is 10.2 Å². The number of nitrogens with zero attached hydrogens (tertiary/aromatic N) is 1. The Labute approximate surface area is 128 Å². The molecule has 0 saturated carbocycles. The average molecular weight is 292 g/mol. The van der Waals surface area contributed by atoms with E-state index in [1.807, 2.05) is 6.07 Å². The van der Waals surface area contributed by atoms with E-state index in [1.54, 1.807) is 12.1 Å².